The molecule has 2 unspecified atom stereocenters. The zero-order chi connectivity index (χ0) is 11.4. The monoisotopic (exact) mass is 303 g/mol. The summed E-state index contributed by atoms with van der Waals surface area (Å²) in [5, 5.41) is 5.65. The van der Waals surface area contributed by atoms with Crippen molar-refractivity contribution in [2.75, 3.05) is 13.2 Å². The molecule has 1 aliphatic heterocycles. The molecule has 1 fully saturated rings. The second-order valence-corrected chi connectivity index (χ2v) is 6.04. The zero-order valence-electron chi connectivity index (χ0n) is 9.54. The van der Waals surface area contributed by atoms with Crippen molar-refractivity contribution >= 4 is 27.3 Å². The van der Waals surface area contributed by atoms with E-state index in [1.54, 1.807) is 11.3 Å². The number of nitrogens with one attached hydrogen (secondary N) is 1. The maximum atomic E-state index is 5.68. The van der Waals surface area contributed by atoms with Crippen LogP contribution in [0.15, 0.2) is 15.9 Å². The van der Waals surface area contributed by atoms with Crippen LogP contribution in [-0.2, 0) is 11.3 Å². The van der Waals surface area contributed by atoms with Crippen LogP contribution in [0.3, 0.4) is 0 Å². The number of hydrogen-bond acceptors (Lipinski definition) is 3. The van der Waals surface area contributed by atoms with Gasteiger partial charge < -0.3 is 10.1 Å². The highest BCUT2D eigenvalue weighted by atomic mass is 79.9. The molecule has 2 atom stereocenters. The summed E-state index contributed by atoms with van der Waals surface area (Å²) >= 11 is 5.35. The Kier molecular flexibility index (Phi) is 4.82. The molecular weight excluding hydrogens is 286 g/mol. The molecule has 0 aliphatic carbocycles. The summed E-state index contributed by atoms with van der Waals surface area (Å²) in [6.07, 6.45) is 2.81. The molecular formula is C12H18BrNOS. The van der Waals surface area contributed by atoms with Gasteiger partial charge in [0.25, 0.3) is 0 Å². The van der Waals surface area contributed by atoms with E-state index in [9.17, 15) is 0 Å². The Morgan fingerprint density at radius 2 is 2.50 bits per heavy atom. The highest BCUT2D eigenvalue weighted by Gasteiger charge is 2.25. The summed E-state index contributed by atoms with van der Waals surface area (Å²) in [5.41, 5.74) is 0. The number of halogens is 1. The molecule has 2 rings (SSSR count). The predicted octanol–water partition coefficient (Wildman–Crippen LogP) is 3.42. The smallest absolute Gasteiger partial charge is 0.0613 e. The van der Waals surface area contributed by atoms with E-state index < -0.39 is 0 Å². The van der Waals surface area contributed by atoms with Gasteiger partial charge in [-0.1, -0.05) is 6.92 Å². The summed E-state index contributed by atoms with van der Waals surface area (Å²) in [6, 6.07) is 2.11. The third kappa shape index (κ3) is 3.06. The van der Waals surface area contributed by atoms with Crippen LogP contribution in [0.2, 0.25) is 0 Å². The Bertz CT molecular complexity index is 329. The highest BCUT2D eigenvalue weighted by molar-refractivity contribution is 9.10. The van der Waals surface area contributed by atoms with Crippen molar-refractivity contribution in [1.29, 1.82) is 0 Å². The van der Waals surface area contributed by atoms with Crippen molar-refractivity contribution in [3.8, 4) is 0 Å². The maximum absolute atomic E-state index is 5.68. The molecule has 0 saturated carbocycles. The first kappa shape index (κ1) is 12.6. The standard InChI is InChI=1S/C12H18BrNOS/c1-2-11-9(3-5-15-11)7-14-8-12-10(13)4-6-16-12/h4,6,9,11,14H,2-3,5,7-8H2,1H3. The lowest BCUT2D eigenvalue weighted by atomic mass is 10.00. The van der Waals surface area contributed by atoms with E-state index in [-0.39, 0.29) is 0 Å². The van der Waals surface area contributed by atoms with E-state index in [0.717, 1.165) is 26.1 Å². The lowest BCUT2D eigenvalue weighted by molar-refractivity contribution is 0.0872. The number of rotatable bonds is 5. The molecule has 1 aromatic heterocycles. The quantitative estimate of drug-likeness (QED) is 0.900. The van der Waals surface area contributed by atoms with Gasteiger partial charge in [0.2, 0.25) is 0 Å². The Morgan fingerprint density at radius 1 is 1.62 bits per heavy atom. The van der Waals surface area contributed by atoms with E-state index in [0.29, 0.717) is 12.0 Å². The second-order valence-electron chi connectivity index (χ2n) is 4.19. The van der Waals surface area contributed by atoms with Gasteiger partial charge in [-0.15, -0.1) is 11.3 Å². The maximum Gasteiger partial charge on any atom is 0.0613 e. The van der Waals surface area contributed by atoms with Gasteiger partial charge >= 0.3 is 0 Å². The van der Waals surface area contributed by atoms with Gasteiger partial charge in [0.15, 0.2) is 0 Å². The lowest BCUT2D eigenvalue weighted by Gasteiger charge is -2.17. The number of thiophene rings is 1. The molecule has 2 heterocycles. The number of ether oxygens (including phenoxy) is 1. The fraction of sp³-hybridized carbons (Fsp3) is 0.667. The van der Waals surface area contributed by atoms with Crippen molar-refractivity contribution in [3.63, 3.8) is 0 Å². The Morgan fingerprint density at radius 3 is 3.19 bits per heavy atom. The number of hydrogen-bond donors (Lipinski definition) is 1. The van der Waals surface area contributed by atoms with Crippen molar-refractivity contribution in [3.05, 3.63) is 20.8 Å². The topological polar surface area (TPSA) is 21.3 Å². The minimum absolute atomic E-state index is 0.472. The Balaban J connectivity index is 1.74. The van der Waals surface area contributed by atoms with Gasteiger partial charge in [0.05, 0.1) is 6.10 Å². The normalized spacial score (nSPS) is 25.1. The predicted molar refractivity (Wildman–Crippen MR) is 71.9 cm³/mol. The van der Waals surface area contributed by atoms with E-state index >= 15 is 0 Å². The molecule has 1 aliphatic rings. The average Bonchev–Trinajstić information content (AvgIpc) is 2.88. The van der Waals surface area contributed by atoms with Crippen molar-refractivity contribution in [2.45, 2.75) is 32.4 Å². The van der Waals surface area contributed by atoms with Crippen LogP contribution in [-0.4, -0.2) is 19.3 Å². The van der Waals surface area contributed by atoms with Crippen LogP contribution in [0.25, 0.3) is 0 Å². The van der Waals surface area contributed by atoms with Gasteiger partial charge in [-0.3, -0.25) is 0 Å². The van der Waals surface area contributed by atoms with Gasteiger partial charge in [-0.05, 0) is 46.1 Å². The zero-order valence-corrected chi connectivity index (χ0v) is 11.9. The van der Waals surface area contributed by atoms with Crippen LogP contribution in [0.4, 0.5) is 0 Å². The van der Waals surface area contributed by atoms with Gasteiger partial charge in [0, 0.05) is 29.0 Å². The molecule has 0 bridgehead atoms. The van der Waals surface area contributed by atoms with Crippen molar-refractivity contribution in [1.82, 2.24) is 5.32 Å². The van der Waals surface area contributed by atoms with Crippen LogP contribution in [0.5, 0.6) is 0 Å². The fourth-order valence-corrected chi connectivity index (χ4v) is 3.66. The van der Waals surface area contributed by atoms with Crippen LogP contribution < -0.4 is 5.32 Å². The minimum Gasteiger partial charge on any atom is -0.378 e. The van der Waals surface area contributed by atoms with Crippen molar-refractivity contribution < 1.29 is 4.74 Å². The average molecular weight is 304 g/mol. The van der Waals surface area contributed by atoms with Crippen LogP contribution in [0.1, 0.15) is 24.6 Å². The largest absolute Gasteiger partial charge is 0.378 e. The fourth-order valence-electron chi connectivity index (χ4n) is 2.20. The first-order chi connectivity index (χ1) is 7.81. The highest BCUT2D eigenvalue weighted by Crippen LogP contribution is 2.24. The molecule has 0 aromatic carbocycles. The molecule has 1 N–H and O–H groups in total. The summed E-state index contributed by atoms with van der Waals surface area (Å²) in [7, 11) is 0. The second kappa shape index (κ2) is 6.15. The van der Waals surface area contributed by atoms with Crippen LogP contribution >= 0.6 is 27.3 Å². The van der Waals surface area contributed by atoms with Crippen molar-refractivity contribution in [2.24, 2.45) is 5.92 Å². The molecule has 1 saturated heterocycles. The molecule has 0 radical (unpaired) electrons. The molecule has 2 nitrogen and oxygen atoms in total. The van der Waals surface area contributed by atoms with Crippen LogP contribution in [0, 0.1) is 5.92 Å². The molecule has 0 spiro atoms. The SMILES string of the molecule is CCC1OCCC1CNCc1sccc1Br. The van der Waals surface area contributed by atoms with Gasteiger partial charge in [-0.2, -0.15) is 0 Å². The molecule has 1 aromatic rings. The van der Waals surface area contributed by atoms with E-state index in [2.05, 4.69) is 39.6 Å². The van der Waals surface area contributed by atoms with Gasteiger partial charge in [0.1, 0.15) is 0 Å². The summed E-state index contributed by atoms with van der Waals surface area (Å²) in [6.45, 7) is 5.18. The van der Waals surface area contributed by atoms with E-state index in [1.807, 2.05) is 0 Å². The third-order valence-electron chi connectivity index (χ3n) is 3.13. The Labute approximate surface area is 110 Å². The molecule has 4 heteroatoms. The minimum atomic E-state index is 0.472. The first-order valence-electron chi connectivity index (χ1n) is 5.85. The summed E-state index contributed by atoms with van der Waals surface area (Å²) in [5.74, 6) is 0.698. The Hall–Kier alpha value is 0.100. The van der Waals surface area contributed by atoms with Gasteiger partial charge in [-0.25, -0.2) is 0 Å². The van der Waals surface area contributed by atoms with E-state index in [1.165, 1.54) is 15.8 Å². The van der Waals surface area contributed by atoms with E-state index in [4.69, 9.17) is 4.74 Å². The summed E-state index contributed by atoms with van der Waals surface area (Å²) in [4.78, 5) is 1.38. The third-order valence-corrected chi connectivity index (χ3v) is 5.06. The lowest BCUT2D eigenvalue weighted by Crippen LogP contribution is -2.27. The molecule has 16 heavy (non-hydrogen) atoms. The molecule has 0 amide bonds. The molecule has 90 valence electrons. The first-order valence-corrected chi connectivity index (χ1v) is 7.52. The summed E-state index contributed by atoms with van der Waals surface area (Å²) < 4.78 is 6.90.